The number of benzene rings is 3. The van der Waals surface area contributed by atoms with Crippen molar-refractivity contribution in [2.75, 3.05) is 24.2 Å². The lowest BCUT2D eigenvalue weighted by Crippen LogP contribution is -2.54. The zero-order valence-electron chi connectivity index (χ0n) is 24.0. The smallest absolute Gasteiger partial charge is 0.244 e. The third kappa shape index (κ3) is 7.88. The van der Waals surface area contributed by atoms with Crippen molar-refractivity contribution < 1.29 is 22.7 Å². The number of carbonyl (C=O) groups is 2. The second kappa shape index (κ2) is 13.7. The molecule has 8 nitrogen and oxygen atoms in total. The molecule has 0 aromatic heterocycles. The molecular weight excluding hydrogens is 538 g/mol. The standard InChI is InChI=1S/C32H39N3O5S/c1-24-13-7-8-16-26(24)22-34(31(36)23-35(41(3,38)39)28-19-11-12-20-30(28)40-2)29(21-25-14-5-4-6-15-25)32(37)33-27-17-9-10-18-27/h4-8,11-16,19-20,27,29H,9-10,17-18,21-23H2,1-3H3,(H,33,37). The Morgan fingerprint density at radius 3 is 2.24 bits per heavy atom. The molecule has 1 saturated carbocycles. The zero-order valence-corrected chi connectivity index (χ0v) is 24.8. The largest absolute Gasteiger partial charge is 0.495 e. The second-order valence-corrected chi connectivity index (χ2v) is 12.5. The van der Waals surface area contributed by atoms with Crippen LogP contribution in [0.25, 0.3) is 0 Å². The fourth-order valence-corrected chi connectivity index (χ4v) is 6.18. The Bertz CT molecular complexity index is 1440. The van der Waals surface area contributed by atoms with E-state index < -0.39 is 28.5 Å². The number of hydrogen-bond donors (Lipinski definition) is 1. The molecule has 1 atom stereocenters. The maximum atomic E-state index is 14.3. The molecule has 0 aliphatic heterocycles. The first-order valence-corrected chi connectivity index (χ1v) is 15.8. The van der Waals surface area contributed by atoms with Crippen LogP contribution in [0.3, 0.4) is 0 Å². The first-order chi connectivity index (χ1) is 19.7. The Balaban J connectivity index is 1.75. The van der Waals surface area contributed by atoms with Gasteiger partial charge >= 0.3 is 0 Å². The lowest BCUT2D eigenvalue weighted by atomic mass is 10.0. The van der Waals surface area contributed by atoms with Crippen molar-refractivity contribution in [3.8, 4) is 5.75 Å². The third-order valence-corrected chi connectivity index (χ3v) is 8.73. The molecule has 1 aliphatic carbocycles. The highest BCUT2D eigenvalue weighted by Gasteiger charge is 2.35. The number of carbonyl (C=O) groups excluding carboxylic acids is 2. The van der Waals surface area contributed by atoms with Gasteiger partial charge in [0.15, 0.2) is 0 Å². The minimum absolute atomic E-state index is 0.0669. The van der Waals surface area contributed by atoms with Crippen molar-refractivity contribution in [3.63, 3.8) is 0 Å². The monoisotopic (exact) mass is 577 g/mol. The number of nitrogens with one attached hydrogen (secondary N) is 1. The number of aryl methyl sites for hydroxylation is 1. The molecule has 1 aliphatic rings. The Morgan fingerprint density at radius 2 is 1.59 bits per heavy atom. The summed E-state index contributed by atoms with van der Waals surface area (Å²) in [6.45, 7) is 1.64. The molecule has 0 spiro atoms. The van der Waals surface area contributed by atoms with Gasteiger partial charge in [0.05, 0.1) is 19.1 Å². The number of methoxy groups -OCH3 is 1. The quantitative estimate of drug-likeness (QED) is 0.343. The highest BCUT2D eigenvalue weighted by molar-refractivity contribution is 7.92. The summed E-state index contributed by atoms with van der Waals surface area (Å²) in [6, 6.07) is 23.2. The number of amides is 2. The summed E-state index contributed by atoms with van der Waals surface area (Å²) in [5.41, 5.74) is 3.03. The van der Waals surface area contributed by atoms with Gasteiger partial charge in [-0.3, -0.25) is 13.9 Å². The van der Waals surface area contributed by atoms with E-state index in [1.54, 1.807) is 24.3 Å². The Labute approximate surface area is 243 Å². The first kappa shape index (κ1) is 30.1. The number of anilines is 1. The van der Waals surface area contributed by atoms with Crippen LogP contribution in [-0.2, 0) is 32.6 Å². The van der Waals surface area contributed by atoms with E-state index in [-0.39, 0.29) is 24.2 Å². The summed E-state index contributed by atoms with van der Waals surface area (Å²) >= 11 is 0. The SMILES string of the molecule is COc1ccccc1N(CC(=O)N(Cc1ccccc1C)C(Cc1ccccc1)C(=O)NC1CCCC1)S(C)(=O)=O. The molecule has 0 radical (unpaired) electrons. The molecular formula is C32H39N3O5S. The fourth-order valence-electron chi connectivity index (χ4n) is 5.32. The molecule has 9 heteroatoms. The van der Waals surface area contributed by atoms with Crippen molar-refractivity contribution in [1.29, 1.82) is 0 Å². The average Bonchev–Trinajstić information content (AvgIpc) is 3.47. The molecule has 3 aromatic carbocycles. The summed E-state index contributed by atoms with van der Waals surface area (Å²) in [5, 5.41) is 3.18. The van der Waals surface area contributed by atoms with Crippen LogP contribution in [0.1, 0.15) is 42.4 Å². The number of nitrogens with zero attached hydrogens (tertiary/aromatic N) is 2. The van der Waals surface area contributed by atoms with E-state index in [9.17, 15) is 18.0 Å². The van der Waals surface area contributed by atoms with Gasteiger partial charge in [-0.1, -0.05) is 79.6 Å². The minimum atomic E-state index is -3.88. The van der Waals surface area contributed by atoms with E-state index >= 15 is 0 Å². The molecule has 0 bridgehead atoms. The first-order valence-electron chi connectivity index (χ1n) is 14.0. The normalized spacial score (nSPS) is 14.3. The van der Waals surface area contributed by atoms with Crippen LogP contribution in [0.2, 0.25) is 0 Å². The summed E-state index contributed by atoms with van der Waals surface area (Å²) in [7, 11) is -2.43. The highest BCUT2D eigenvalue weighted by atomic mass is 32.2. The average molecular weight is 578 g/mol. The van der Waals surface area contributed by atoms with Crippen molar-refractivity contribution >= 4 is 27.5 Å². The molecule has 0 heterocycles. The third-order valence-electron chi connectivity index (χ3n) is 7.61. The van der Waals surface area contributed by atoms with Gasteiger partial charge in [0.2, 0.25) is 21.8 Å². The molecule has 218 valence electrons. The topological polar surface area (TPSA) is 96.0 Å². The van der Waals surface area contributed by atoms with Gasteiger partial charge < -0.3 is 15.0 Å². The Kier molecular flexibility index (Phi) is 10.0. The van der Waals surface area contributed by atoms with E-state index in [1.165, 1.54) is 12.0 Å². The summed E-state index contributed by atoms with van der Waals surface area (Å²) in [6.07, 6.45) is 5.29. The number of sulfonamides is 1. The lowest BCUT2D eigenvalue weighted by molar-refractivity contribution is -0.140. The summed E-state index contributed by atoms with van der Waals surface area (Å²) < 4.78 is 32.5. The highest BCUT2D eigenvalue weighted by Crippen LogP contribution is 2.30. The van der Waals surface area contributed by atoms with Gasteiger partial charge in [0.1, 0.15) is 18.3 Å². The van der Waals surface area contributed by atoms with Gasteiger partial charge in [-0.2, -0.15) is 0 Å². The van der Waals surface area contributed by atoms with Gasteiger partial charge in [-0.05, 0) is 48.6 Å². The van der Waals surface area contributed by atoms with Crippen LogP contribution in [0, 0.1) is 6.92 Å². The summed E-state index contributed by atoms with van der Waals surface area (Å²) in [5.74, 6) is -0.381. The second-order valence-electron chi connectivity index (χ2n) is 10.6. The maximum absolute atomic E-state index is 14.3. The molecule has 2 amide bonds. The van der Waals surface area contributed by atoms with Gasteiger partial charge in [0.25, 0.3) is 0 Å². The number of ether oxygens (including phenoxy) is 1. The number of para-hydroxylation sites is 2. The Hall–Kier alpha value is -3.85. The van der Waals surface area contributed by atoms with Gasteiger partial charge in [0, 0.05) is 19.0 Å². The minimum Gasteiger partial charge on any atom is -0.495 e. The molecule has 1 N–H and O–H groups in total. The van der Waals surface area contributed by atoms with Crippen LogP contribution in [0.15, 0.2) is 78.9 Å². The van der Waals surface area contributed by atoms with Crippen LogP contribution < -0.4 is 14.4 Å². The fraction of sp³-hybridized carbons (Fsp3) is 0.375. The lowest BCUT2D eigenvalue weighted by Gasteiger charge is -2.34. The Morgan fingerprint density at radius 1 is 0.951 bits per heavy atom. The van der Waals surface area contributed by atoms with E-state index in [2.05, 4.69) is 5.32 Å². The van der Waals surface area contributed by atoms with Gasteiger partial charge in [-0.15, -0.1) is 0 Å². The zero-order chi connectivity index (χ0) is 29.4. The van der Waals surface area contributed by atoms with Crippen molar-refractivity contribution in [3.05, 3.63) is 95.6 Å². The van der Waals surface area contributed by atoms with E-state index in [4.69, 9.17) is 4.74 Å². The van der Waals surface area contributed by atoms with E-state index in [0.717, 1.165) is 52.9 Å². The molecule has 1 unspecified atom stereocenters. The molecule has 4 rings (SSSR count). The molecule has 3 aromatic rings. The molecule has 0 saturated heterocycles. The van der Waals surface area contributed by atoms with Crippen LogP contribution >= 0.6 is 0 Å². The number of rotatable bonds is 12. The van der Waals surface area contributed by atoms with E-state index in [1.807, 2.05) is 61.5 Å². The maximum Gasteiger partial charge on any atom is 0.244 e. The van der Waals surface area contributed by atoms with Crippen LogP contribution in [0.4, 0.5) is 5.69 Å². The van der Waals surface area contributed by atoms with Crippen molar-refractivity contribution in [2.24, 2.45) is 0 Å². The van der Waals surface area contributed by atoms with Crippen molar-refractivity contribution in [2.45, 2.75) is 57.7 Å². The van der Waals surface area contributed by atoms with Gasteiger partial charge in [-0.25, -0.2) is 8.42 Å². The van der Waals surface area contributed by atoms with Crippen LogP contribution in [0.5, 0.6) is 5.75 Å². The van der Waals surface area contributed by atoms with E-state index in [0.29, 0.717) is 12.2 Å². The molecule has 41 heavy (non-hydrogen) atoms. The predicted molar refractivity (Wildman–Crippen MR) is 161 cm³/mol. The number of hydrogen-bond acceptors (Lipinski definition) is 5. The van der Waals surface area contributed by atoms with Crippen molar-refractivity contribution in [1.82, 2.24) is 10.2 Å². The molecule has 1 fully saturated rings. The summed E-state index contributed by atoms with van der Waals surface area (Å²) in [4.78, 5) is 29.7. The predicted octanol–water partition coefficient (Wildman–Crippen LogP) is 4.47. The van der Waals surface area contributed by atoms with Crippen LogP contribution in [-0.4, -0.2) is 57.1 Å².